The topological polar surface area (TPSA) is 29.9 Å². The molecule has 1 aromatic heterocycles. The number of halogens is 1. The lowest BCUT2D eigenvalue weighted by Crippen LogP contribution is -2.20. The maximum Gasteiger partial charge on any atom is 0.0641 e. The van der Waals surface area contributed by atoms with Crippen molar-refractivity contribution in [2.45, 2.75) is 19.9 Å². The molecule has 0 amide bonds. The highest BCUT2D eigenvalue weighted by Crippen LogP contribution is 2.15. The smallest absolute Gasteiger partial charge is 0.0641 e. The van der Waals surface area contributed by atoms with E-state index in [1.165, 1.54) is 5.56 Å². The van der Waals surface area contributed by atoms with Gasteiger partial charge in [0.25, 0.3) is 0 Å². The Morgan fingerprint density at radius 1 is 1.79 bits per heavy atom. The average Bonchev–Trinajstić information content (AvgIpc) is 2.41. The molecule has 1 atom stereocenters. The number of aryl methyl sites for hydroxylation is 2. The average molecular weight is 214 g/mol. The van der Waals surface area contributed by atoms with Crippen LogP contribution in [0.15, 0.2) is 17.8 Å². The van der Waals surface area contributed by atoms with Crippen LogP contribution in [0.25, 0.3) is 0 Å². The van der Waals surface area contributed by atoms with E-state index in [4.69, 9.17) is 11.6 Å². The van der Waals surface area contributed by atoms with Crippen molar-refractivity contribution in [3.63, 3.8) is 0 Å². The van der Waals surface area contributed by atoms with Gasteiger partial charge in [0.05, 0.1) is 5.69 Å². The Bertz CT molecular complexity index is 330. The summed E-state index contributed by atoms with van der Waals surface area (Å²) in [4.78, 5) is 0. The van der Waals surface area contributed by atoms with E-state index >= 15 is 0 Å². The maximum absolute atomic E-state index is 5.68. The Morgan fingerprint density at radius 2 is 2.43 bits per heavy atom. The first-order valence-corrected chi connectivity index (χ1v) is 4.95. The first-order valence-electron chi connectivity index (χ1n) is 4.57. The van der Waals surface area contributed by atoms with Crippen LogP contribution in [0.4, 0.5) is 0 Å². The molecule has 0 aliphatic rings. The molecule has 78 valence electrons. The molecule has 3 nitrogen and oxygen atoms in total. The number of hydrogen-bond donors (Lipinski definition) is 1. The van der Waals surface area contributed by atoms with Crippen LogP contribution in [0.3, 0.4) is 0 Å². The molecule has 1 rings (SSSR count). The van der Waals surface area contributed by atoms with Gasteiger partial charge in [-0.2, -0.15) is 5.10 Å². The van der Waals surface area contributed by atoms with Crippen molar-refractivity contribution in [1.82, 2.24) is 15.1 Å². The zero-order valence-electron chi connectivity index (χ0n) is 8.84. The van der Waals surface area contributed by atoms with Gasteiger partial charge in [0.2, 0.25) is 0 Å². The fourth-order valence-corrected chi connectivity index (χ4v) is 1.49. The van der Waals surface area contributed by atoms with Gasteiger partial charge in [0, 0.05) is 36.4 Å². The normalized spacial score (nSPS) is 12.9. The molecular formula is C10H16ClN3. The van der Waals surface area contributed by atoms with Crippen molar-refractivity contribution in [2.75, 3.05) is 6.54 Å². The van der Waals surface area contributed by atoms with Gasteiger partial charge in [-0.25, -0.2) is 0 Å². The second-order valence-corrected chi connectivity index (χ2v) is 4.00. The lowest BCUT2D eigenvalue weighted by atomic mass is 10.1. The molecule has 0 bridgehead atoms. The molecule has 0 aliphatic carbocycles. The van der Waals surface area contributed by atoms with Crippen molar-refractivity contribution in [1.29, 1.82) is 0 Å². The van der Waals surface area contributed by atoms with Gasteiger partial charge in [-0.1, -0.05) is 18.2 Å². The first-order chi connectivity index (χ1) is 6.50. The molecule has 0 saturated heterocycles. The minimum atomic E-state index is 0.249. The quantitative estimate of drug-likeness (QED) is 0.831. The third kappa shape index (κ3) is 2.86. The second-order valence-electron chi connectivity index (χ2n) is 3.46. The molecule has 0 spiro atoms. The monoisotopic (exact) mass is 213 g/mol. The fraction of sp³-hybridized carbons (Fsp3) is 0.500. The van der Waals surface area contributed by atoms with Crippen molar-refractivity contribution in [3.8, 4) is 0 Å². The largest absolute Gasteiger partial charge is 0.305 e. The number of nitrogens with one attached hydrogen (secondary N) is 1. The summed E-state index contributed by atoms with van der Waals surface area (Å²) < 4.78 is 1.82. The van der Waals surface area contributed by atoms with Crippen LogP contribution in [0.5, 0.6) is 0 Å². The first kappa shape index (κ1) is 11.3. The lowest BCUT2D eigenvalue weighted by Gasteiger charge is -2.11. The van der Waals surface area contributed by atoms with Gasteiger partial charge < -0.3 is 5.32 Å². The van der Waals surface area contributed by atoms with Gasteiger partial charge in [-0.15, -0.1) is 0 Å². The summed E-state index contributed by atoms with van der Waals surface area (Å²) in [6.07, 6.45) is 2.02. The Labute approximate surface area is 89.8 Å². The minimum Gasteiger partial charge on any atom is -0.305 e. The van der Waals surface area contributed by atoms with Gasteiger partial charge in [-0.05, 0) is 13.8 Å². The third-order valence-electron chi connectivity index (χ3n) is 2.12. The number of aromatic nitrogens is 2. The minimum absolute atomic E-state index is 0.249. The van der Waals surface area contributed by atoms with E-state index in [0.29, 0.717) is 11.6 Å². The number of rotatable bonds is 4. The van der Waals surface area contributed by atoms with Gasteiger partial charge in [0.15, 0.2) is 0 Å². The predicted molar refractivity (Wildman–Crippen MR) is 59.4 cm³/mol. The van der Waals surface area contributed by atoms with Crippen LogP contribution in [0.2, 0.25) is 0 Å². The Kier molecular flexibility index (Phi) is 3.72. The number of hydrogen-bond acceptors (Lipinski definition) is 2. The molecular weight excluding hydrogens is 198 g/mol. The zero-order chi connectivity index (χ0) is 10.7. The molecule has 0 radical (unpaired) electrons. The molecule has 1 N–H and O–H groups in total. The van der Waals surface area contributed by atoms with Crippen molar-refractivity contribution in [3.05, 3.63) is 29.1 Å². The van der Waals surface area contributed by atoms with E-state index in [2.05, 4.69) is 23.9 Å². The Morgan fingerprint density at radius 3 is 2.86 bits per heavy atom. The predicted octanol–water partition coefficient (Wildman–Crippen LogP) is 2.13. The Balaban J connectivity index is 2.64. The van der Waals surface area contributed by atoms with Crippen molar-refractivity contribution >= 4 is 11.6 Å². The summed E-state index contributed by atoms with van der Waals surface area (Å²) in [5, 5.41) is 8.17. The van der Waals surface area contributed by atoms with E-state index < -0.39 is 0 Å². The molecule has 0 fully saturated rings. The van der Waals surface area contributed by atoms with E-state index in [0.717, 1.165) is 5.69 Å². The summed E-state index contributed by atoms with van der Waals surface area (Å²) in [6.45, 7) is 8.34. The summed E-state index contributed by atoms with van der Waals surface area (Å²) in [5.74, 6) is 0. The van der Waals surface area contributed by atoms with Crippen LogP contribution in [-0.2, 0) is 7.05 Å². The zero-order valence-corrected chi connectivity index (χ0v) is 9.60. The SMILES string of the molecule is C=C(Cl)CNC(C)c1cn(C)nc1C. The van der Waals surface area contributed by atoms with E-state index in [-0.39, 0.29) is 6.04 Å². The summed E-state index contributed by atoms with van der Waals surface area (Å²) in [5.41, 5.74) is 2.25. The molecule has 14 heavy (non-hydrogen) atoms. The molecule has 0 saturated carbocycles. The molecule has 1 heterocycles. The highest BCUT2D eigenvalue weighted by Gasteiger charge is 2.10. The van der Waals surface area contributed by atoms with Crippen LogP contribution < -0.4 is 5.32 Å². The van der Waals surface area contributed by atoms with Crippen LogP contribution in [-0.4, -0.2) is 16.3 Å². The second kappa shape index (κ2) is 4.62. The molecule has 1 unspecified atom stereocenters. The molecule has 4 heteroatoms. The summed E-state index contributed by atoms with van der Waals surface area (Å²) in [6, 6.07) is 0.249. The molecule has 0 aliphatic heterocycles. The van der Waals surface area contributed by atoms with E-state index in [1.807, 2.05) is 24.9 Å². The van der Waals surface area contributed by atoms with Crippen molar-refractivity contribution in [2.24, 2.45) is 7.05 Å². The fourth-order valence-electron chi connectivity index (χ4n) is 1.42. The van der Waals surface area contributed by atoms with Gasteiger partial charge in [0.1, 0.15) is 0 Å². The van der Waals surface area contributed by atoms with Crippen molar-refractivity contribution < 1.29 is 0 Å². The van der Waals surface area contributed by atoms with E-state index in [9.17, 15) is 0 Å². The van der Waals surface area contributed by atoms with Crippen LogP contribution in [0, 0.1) is 6.92 Å². The standard InChI is InChI=1S/C10H16ClN3/c1-7(11)5-12-8(2)10-6-14(4)13-9(10)3/h6,8,12H,1,5H2,2-4H3. The van der Waals surface area contributed by atoms with Gasteiger partial charge in [-0.3, -0.25) is 4.68 Å². The molecule has 0 aromatic carbocycles. The Hall–Kier alpha value is -0.800. The van der Waals surface area contributed by atoms with Crippen LogP contribution >= 0.6 is 11.6 Å². The van der Waals surface area contributed by atoms with Crippen LogP contribution in [0.1, 0.15) is 24.2 Å². The lowest BCUT2D eigenvalue weighted by molar-refractivity contribution is 0.611. The maximum atomic E-state index is 5.68. The highest BCUT2D eigenvalue weighted by atomic mass is 35.5. The highest BCUT2D eigenvalue weighted by molar-refractivity contribution is 6.29. The van der Waals surface area contributed by atoms with Gasteiger partial charge >= 0.3 is 0 Å². The summed E-state index contributed by atoms with van der Waals surface area (Å²) >= 11 is 5.68. The summed E-state index contributed by atoms with van der Waals surface area (Å²) in [7, 11) is 1.92. The van der Waals surface area contributed by atoms with E-state index in [1.54, 1.807) is 0 Å². The molecule has 1 aromatic rings. The number of nitrogens with zero attached hydrogens (tertiary/aromatic N) is 2. The third-order valence-corrected chi connectivity index (χ3v) is 2.25.